The van der Waals surface area contributed by atoms with Gasteiger partial charge in [0.25, 0.3) is 5.91 Å². The maximum atomic E-state index is 12.4. The summed E-state index contributed by atoms with van der Waals surface area (Å²) in [5.74, 6) is -1.54. The second kappa shape index (κ2) is 8.39. The lowest BCUT2D eigenvalue weighted by Crippen LogP contribution is -2.33. The summed E-state index contributed by atoms with van der Waals surface area (Å²) in [6.45, 7) is 3.66. The molecule has 2 heterocycles. The van der Waals surface area contributed by atoms with Gasteiger partial charge in [0, 0.05) is 24.8 Å². The number of hydrogen-bond acceptors (Lipinski definition) is 5. The van der Waals surface area contributed by atoms with Crippen LogP contribution in [0.4, 0.5) is 11.5 Å². The molecule has 1 aromatic carbocycles. The van der Waals surface area contributed by atoms with Crippen molar-refractivity contribution in [2.45, 2.75) is 26.4 Å². The van der Waals surface area contributed by atoms with Crippen LogP contribution in [0.3, 0.4) is 0 Å². The Kier molecular flexibility index (Phi) is 5.94. The molecule has 28 heavy (non-hydrogen) atoms. The highest BCUT2D eigenvalue weighted by atomic mass is 35.5. The van der Waals surface area contributed by atoms with Crippen molar-refractivity contribution in [3.63, 3.8) is 0 Å². The molecule has 7 nitrogen and oxygen atoms in total. The average Bonchev–Trinajstić information content (AvgIpc) is 3.06. The Hall–Kier alpha value is -2.93. The van der Waals surface area contributed by atoms with Gasteiger partial charge < -0.3 is 15.0 Å². The molecule has 8 heteroatoms. The molecule has 1 N–H and O–H groups in total. The zero-order chi connectivity index (χ0) is 20.3. The van der Waals surface area contributed by atoms with Crippen molar-refractivity contribution >= 4 is 40.9 Å². The lowest BCUT2D eigenvalue weighted by molar-refractivity contribution is -0.157. The smallest absolute Gasteiger partial charge is 0.312 e. The van der Waals surface area contributed by atoms with Gasteiger partial charge in [-0.3, -0.25) is 14.4 Å². The van der Waals surface area contributed by atoms with Crippen molar-refractivity contribution in [2.24, 2.45) is 5.92 Å². The Morgan fingerprint density at radius 1 is 1.25 bits per heavy atom. The van der Waals surface area contributed by atoms with Crippen LogP contribution in [0.25, 0.3) is 0 Å². The maximum absolute atomic E-state index is 12.4. The molecule has 2 atom stereocenters. The van der Waals surface area contributed by atoms with E-state index in [4.69, 9.17) is 16.3 Å². The van der Waals surface area contributed by atoms with Crippen LogP contribution < -0.4 is 10.2 Å². The average molecular weight is 402 g/mol. The molecule has 0 unspecified atom stereocenters. The Morgan fingerprint density at radius 3 is 2.61 bits per heavy atom. The van der Waals surface area contributed by atoms with E-state index in [-0.39, 0.29) is 18.9 Å². The van der Waals surface area contributed by atoms with Crippen molar-refractivity contribution in [1.82, 2.24) is 4.98 Å². The van der Waals surface area contributed by atoms with Crippen LogP contribution in [0.1, 0.15) is 18.9 Å². The quantitative estimate of drug-likeness (QED) is 0.778. The van der Waals surface area contributed by atoms with Crippen LogP contribution in [0.5, 0.6) is 0 Å². The Labute approximate surface area is 167 Å². The van der Waals surface area contributed by atoms with Gasteiger partial charge in [0.2, 0.25) is 5.91 Å². The first-order chi connectivity index (χ1) is 13.3. The number of rotatable bonds is 5. The van der Waals surface area contributed by atoms with Gasteiger partial charge >= 0.3 is 5.97 Å². The molecular weight excluding hydrogens is 382 g/mol. The minimum Gasteiger partial charge on any atom is -0.452 e. The van der Waals surface area contributed by atoms with Gasteiger partial charge in [-0.05, 0) is 38.1 Å². The second-order valence-electron chi connectivity index (χ2n) is 6.67. The summed E-state index contributed by atoms with van der Waals surface area (Å²) in [7, 11) is 0. The number of carbonyl (C=O) groups is 3. The second-order valence-corrected chi connectivity index (χ2v) is 7.11. The van der Waals surface area contributed by atoms with E-state index in [1.165, 1.54) is 13.1 Å². The first-order valence-electron chi connectivity index (χ1n) is 8.83. The topological polar surface area (TPSA) is 88.6 Å². The molecular formula is C20H20ClN3O4. The van der Waals surface area contributed by atoms with Gasteiger partial charge in [-0.25, -0.2) is 4.98 Å². The van der Waals surface area contributed by atoms with Crippen LogP contribution in [0, 0.1) is 12.8 Å². The van der Waals surface area contributed by atoms with Crippen molar-refractivity contribution < 1.29 is 19.1 Å². The van der Waals surface area contributed by atoms with Crippen molar-refractivity contribution in [3.8, 4) is 0 Å². The molecule has 1 aromatic heterocycles. The molecule has 1 aliphatic heterocycles. The molecule has 2 amide bonds. The minimum absolute atomic E-state index is 0.0553. The Morgan fingerprint density at radius 2 is 1.96 bits per heavy atom. The maximum Gasteiger partial charge on any atom is 0.312 e. The number of hydrogen-bond donors (Lipinski definition) is 1. The van der Waals surface area contributed by atoms with E-state index in [0.29, 0.717) is 10.8 Å². The van der Waals surface area contributed by atoms with Crippen LogP contribution >= 0.6 is 11.6 Å². The van der Waals surface area contributed by atoms with Crippen LogP contribution in [-0.4, -0.2) is 35.4 Å². The fourth-order valence-corrected chi connectivity index (χ4v) is 2.95. The molecule has 0 saturated carbocycles. The highest BCUT2D eigenvalue weighted by molar-refractivity contribution is 6.30. The summed E-state index contributed by atoms with van der Waals surface area (Å²) in [4.78, 5) is 42.4. The molecule has 0 radical (unpaired) electrons. The van der Waals surface area contributed by atoms with E-state index in [1.54, 1.807) is 17.0 Å². The van der Waals surface area contributed by atoms with Crippen molar-refractivity contribution in [1.29, 1.82) is 0 Å². The van der Waals surface area contributed by atoms with E-state index < -0.39 is 23.9 Å². The summed E-state index contributed by atoms with van der Waals surface area (Å²) in [6, 6.07) is 10.6. The number of aryl methyl sites for hydroxylation is 1. The number of nitrogens with zero attached hydrogens (tertiary/aromatic N) is 2. The number of benzene rings is 1. The summed E-state index contributed by atoms with van der Waals surface area (Å²) in [6.07, 6.45) is 0.436. The molecule has 0 bridgehead atoms. The van der Waals surface area contributed by atoms with E-state index in [0.717, 1.165) is 11.3 Å². The molecule has 1 saturated heterocycles. The number of carbonyl (C=O) groups excluding carboxylic acids is 3. The monoisotopic (exact) mass is 401 g/mol. The SMILES string of the molecule is Cc1ccc(N2C[C@H](C(=O)O[C@@H](C)C(=O)Nc3ccc(Cl)cn3)CC2=O)cc1. The number of aromatic nitrogens is 1. The van der Waals surface area contributed by atoms with Gasteiger partial charge in [-0.15, -0.1) is 0 Å². The predicted molar refractivity (Wildman–Crippen MR) is 105 cm³/mol. The molecule has 0 aliphatic carbocycles. The number of amides is 2. The number of halogens is 1. The molecule has 146 valence electrons. The zero-order valence-corrected chi connectivity index (χ0v) is 16.3. The van der Waals surface area contributed by atoms with Crippen LogP contribution in [-0.2, 0) is 19.1 Å². The number of ether oxygens (including phenoxy) is 1. The highest BCUT2D eigenvalue weighted by Crippen LogP contribution is 2.26. The lowest BCUT2D eigenvalue weighted by atomic mass is 10.1. The minimum atomic E-state index is -1.02. The Balaban J connectivity index is 1.56. The third-order valence-corrected chi connectivity index (χ3v) is 4.67. The van der Waals surface area contributed by atoms with Crippen LogP contribution in [0.2, 0.25) is 5.02 Å². The highest BCUT2D eigenvalue weighted by Gasteiger charge is 2.37. The lowest BCUT2D eigenvalue weighted by Gasteiger charge is -2.18. The van der Waals surface area contributed by atoms with Crippen LogP contribution in [0.15, 0.2) is 42.6 Å². The summed E-state index contributed by atoms with van der Waals surface area (Å²) < 4.78 is 5.26. The molecule has 1 aliphatic rings. The van der Waals surface area contributed by atoms with Gasteiger partial charge in [0.15, 0.2) is 6.10 Å². The number of pyridine rings is 1. The number of nitrogens with one attached hydrogen (secondary N) is 1. The first kappa shape index (κ1) is 19.8. The van der Waals surface area contributed by atoms with Gasteiger partial charge in [0.05, 0.1) is 10.9 Å². The normalized spacial score (nSPS) is 17.3. The van der Waals surface area contributed by atoms with Crippen molar-refractivity contribution in [2.75, 3.05) is 16.8 Å². The zero-order valence-electron chi connectivity index (χ0n) is 15.5. The largest absolute Gasteiger partial charge is 0.452 e. The summed E-state index contributed by atoms with van der Waals surface area (Å²) in [5, 5.41) is 3.00. The number of anilines is 2. The summed E-state index contributed by atoms with van der Waals surface area (Å²) >= 11 is 5.75. The molecule has 0 spiro atoms. The van der Waals surface area contributed by atoms with E-state index in [2.05, 4.69) is 10.3 Å². The molecule has 3 rings (SSSR count). The standard InChI is InChI=1S/C20H20ClN3O4/c1-12-3-6-16(7-4-12)24-11-14(9-18(24)25)20(27)28-13(2)19(26)23-17-8-5-15(21)10-22-17/h3-8,10,13-14H,9,11H2,1-2H3,(H,22,23,26)/t13-,14+/m0/s1. The van der Waals surface area contributed by atoms with Gasteiger partial charge in [0.1, 0.15) is 5.82 Å². The number of esters is 1. The summed E-state index contributed by atoms with van der Waals surface area (Å²) in [5.41, 5.74) is 1.83. The van der Waals surface area contributed by atoms with E-state index >= 15 is 0 Å². The fourth-order valence-electron chi connectivity index (χ4n) is 2.84. The van der Waals surface area contributed by atoms with E-state index in [1.807, 2.05) is 31.2 Å². The molecule has 2 aromatic rings. The van der Waals surface area contributed by atoms with E-state index in [9.17, 15) is 14.4 Å². The third-order valence-electron chi connectivity index (χ3n) is 4.44. The van der Waals surface area contributed by atoms with Gasteiger partial charge in [-0.2, -0.15) is 0 Å². The molecule has 1 fully saturated rings. The Bertz CT molecular complexity index is 883. The fraction of sp³-hybridized carbons (Fsp3) is 0.300. The predicted octanol–water partition coefficient (Wildman–Crippen LogP) is 2.97. The van der Waals surface area contributed by atoms with Crippen molar-refractivity contribution in [3.05, 3.63) is 53.2 Å². The third kappa shape index (κ3) is 4.67. The first-order valence-corrected chi connectivity index (χ1v) is 9.21. The van der Waals surface area contributed by atoms with Gasteiger partial charge in [-0.1, -0.05) is 29.3 Å².